The third kappa shape index (κ3) is 3.88. The van der Waals surface area contributed by atoms with Gasteiger partial charge in [-0.25, -0.2) is 14.6 Å². The van der Waals surface area contributed by atoms with Gasteiger partial charge in [0, 0.05) is 14.1 Å². The monoisotopic (exact) mass is 350 g/mol. The summed E-state index contributed by atoms with van der Waals surface area (Å²) < 4.78 is 1.54. The third-order valence-corrected chi connectivity index (χ3v) is 4.12. The average molecular weight is 350 g/mol. The van der Waals surface area contributed by atoms with E-state index in [4.69, 9.17) is 0 Å². The molecule has 2 aromatic heterocycles. The second kappa shape index (κ2) is 7.77. The van der Waals surface area contributed by atoms with Crippen LogP contribution >= 0.6 is 0 Å². The fraction of sp³-hybridized carbons (Fsp3) is 0.263. The predicted octanol–water partition coefficient (Wildman–Crippen LogP) is 2.86. The van der Waals surface area contributed by atoms with Crippen LogP contribution in [0.3, 0.4) is 0 Å². The Kier molecular flexibility index (Phi) is 5.26. The van der Waals surface area contributed by atoms with Gasteiger partial charge in [-0.3, -0.25) is 4.79 Å². The summed E-state index contributed by atoms with van der Waals surface area (Å²) in [5, 5.41) is 7.16. The lowest BCUT2D eigenvalue weighted by Gasteiger charge is -2.14. The second-order valence-electron chi connectivity index (χ2n) is 6.17. The molecule has 7 nitrogen and oxygen atoms in total. The fourth-order valence-electron chi connectivity index (χ4n) is 2.65. The zero-order valence-electron chi connectivity index (χ0n) is 15.1. The lowest BCUT2D eigenvalue weighted by atomic mass is 9.96. The predicted molar refractivity (Wildman–Crippen MR) is 102 cm³/mol. The molecular formula is C19H22N6O. The van der Waals surface area contributed by atoms with Gasteiger partial charge in [-0.2, -0.15) is 5.10 Å². The zero-order valence-corrected chi connectivity index (χ0v) is 15.1. The van der Waals surface area contributed by atoms with Gasteiger partial charge in [0.25, 0.3) is 5.95 Å². The molecule has 0 fully saturated rings. The summed E-state index contributed by atoms with van der Waals surface area (Å²) in [6.07, 6.45) is 7.48. The van der Waals surface area contributed by atoms with Crippen molar-refractivity contribution in [3.63, 3.8) is 0 Å². The van der Waals surface area contributed by atoms with Crippen molar-refractivity contribution in [2.45, 2.75) is 19.3 Å². The van der Waals surface area contributed by atoms with Gasteiger partial charge in [-0.1, -0.05) is 37.3 Å². The Morgan fingerprint density at radius 3 is 2.46 bits per heavy atom. The molecule has 0 unspecified atom stereocenters. The number of nitrogens with one attached hydrogen (secondary N) is 1. The van der Waals surface area contributed by atoms with E-state index < -0.39 is 0 Å². The maximum absolute atomic E-state index is 12.6. The lowest BCUT2D eigenvalue weighted by molar-refractivity contribution is -0.117. The number of nitrogens with zero attached hydrogens (tertiary/aromatic N) is 5. The molecule has 26 heavy (non-hydrogen) atoms. The van der Waals surface area contributed by atoms with Crippen molar-refractivity contribution in [3.05, 3.63) is 60.7 Å². The van der Waals surface area contributed by atoms with E-state index in [1.165, 1.54) is 0 Å². The van der Waals surface area contributed by atoms with Crippen LogP contribution in [-0.2, 0) is 4.79 Å². The molecular weight excluding hydrogens is 328 g/mol. The summed E-state index contributed by atoms with van der Waals surface area (Å²) in [6, 6.07) is 9.77. The minimum Gasteiger partial charge on any atom is -0.375 e. The first kappa shape index (κ1) is 17.6. The largest absolute Gasteiger partial charge is 0.375 e. The molecule has 3 rings (SSSR count). The Hall–Kier alpha value is -3.22. The molecule has 1 N–H and O–H groups in total. The number of carbonyl (C=O) groups is 1. The Morgan fingerprint density at radius 2 is 1.85 bits per heavy atom. The topological polar surface area (TPSA) is 75.9 Å². The number of carbonyl (C=O) groups excluding carboxylic acids is 1. The molecule has 0 spiro atoms. The van der Waals surface area contributed by atoms with Crippen LogP contribution in [-0.4, -0.2) is 39.8 Å². The van der Waals surface area contributed by atoms with Crippen LogP contribution in [0.4, 0.5) is 11.4 Å². The van der Waals surface area contributed by atoms with E-state index in [2.05, 4.69) is 20.4 Å². The number of amides is 1. The molecule has 0 aliphatic rings. The van der Waals surface area contributed by atoms with Crippen molar-refractivity contribution in [1.82, 2.24) is 19.7 Å². The molecule has 1 atom stereocenters. The maximum Gasteiger partial charge on any atom is 0.250 e. The van der Waals surface area contributed by atoms with Gasteiger partial charge in [0.2, 0.25) is 5.91 Å². The summed E-state index contributed by atoms with van der Waals surface area (Å²) in [7, 11) is 3.85. The van der Waals surface area contributed by atoms with Crippen LogP contribution in [0, 0.1) is 0 Å². The van der Waals surface area contributed by atoms with Gasteiger partial charge in [-0.05, 0) is 12.0 Å². The standard InChI is InChI=1S/C19H22N6O/c1-4-17(14-8-6-5-7-9-14)18(26)23-15-10-22-25(13-15)19-20-11-16(12-21-19)24(2)3/h5-13,17H,4H2,1-3H3,(H,23,26)/t17-/m0/s1. The van der Waals surface area contributed by atoms with E-state index in [0.717, 1.165) is 17.7 Å². The number of rotatable bonds is 6. The van der Waals surface area contributed by atoms with Crippen LogP contribution < -0.4 is 10.2 Å². The lowest BCUT2D eigenvalue weighted by Crippen LogP contribution is -2.20. The minimum absolute atomic E-state index is 0.0536. The Labute approximate surface area is 152 Å². The molecule has 1 aromatic carbocycles. The van der Waals surface area contributed by atoms with Crippen LogP contribution in [0.15, 0.2) is 55.1 Å². The molecule has 0 bridgehead atoms. The summed E-state index contributed by atoms with van der Waals surface area (Å²) >= 11 is 0. The van der Waals surface area contributed by atoms with Crippen LogP contribution in [0.25, 0.3) is 5.95 Å². The molecule has 0 aliphatic heterocycles. The van der Waals surface area contributed by atoms with E-state index in [1.807, 2.05) is 56.3 Å². The summed E-state index contributed by atoms with van der Waals surface area (Å²) in [4.78, 5) is 23.1. The van der Waals surface area contributed by atoms with Crippen LogP contribution in [0.1, 0.15) is 24.8 Å². The van der Waals surface area contributed by atoms with Crippen LogP contribution in [0.5, 0.6) is 0 Å². The maximum atomic E-state index is 12.6. The highest BCUT2D eigenvalue weighted by molar-refractivity contribution is 5.95. The second-order valence-corrected chi connectivity index (χ2v) is 6.17. The Balaban J connectivity index is 1.72. The van der Waals surface area contributed by atoms with E-state index in [-0.39, 0.29) is 11.8 Å². The van der Waals surface area contributed by atoms with Crippen molar-refractivity contribution in [2.24, 2.45) is 0 Å². The van der Waals surface area contributed by atoms with Gasteiger partial charge in [0.1, 0.15) is 0 Å². The van der Waals surface area contributed by atoms with E-state index in [1.54, 1.807) is 29.5 Å². The number of aromatic nitrogens is 4. The SMILES string of the molecule is CC[C@H](C(=O)Nc1cnn(-c2ncc(N(C)C)cn2)c1)c1ccccc1. The third-order valence-electron chi connectivity index (χ3n) is 4.12. The minimum atomic E-state index is -0.199. The number of benzene rings is 1. The molecule has 0 saturated heterocycles. The van der Waals surface area contributed by atoms with E-state index in [0.29, 0.717) is 11.6 Å². The smallest absolute Gasteiger partial charge is 0.250 e. The van der Waals surface area contributed by atoms with Gasteiger partial charge < -0.3 is 10.2 Å². The van der Waals surface area contributed by atoms with Crippen molar-refractivity contribution in [2.75, 3.05) is 24.3 Å². The highest BCUT2D eigenvalue weighted by atomic mass is 16.1. The quantitative estimate of drug-likeness (QED) is 0.740. The molecule has 0 saturated carbocycles. The Morgan fingerprint density at radius 1 is 1.15 bits per heavy atom. The van der Waals surface area contributed by atoms with Gasteiger partial charge in [0.15, 0.2) is 0 Å². The molecule has 0 aliphatic carbocycles. The molecule has 1 amide bonds. The van der Waals surface area contributed by atoms with Gasteiger partial charge >= 0.3 is 0 Å². The first-order valence-corrected chi connectivity index (χ1v) is 8.48. The molecule has 7 heteroatoms. The summed E-state index contributed by atoms with van der Waals surface area (Å²) in [5.74, 6) is 0.198. The number of hydrogen-bond acceptors (Lipinski definition) is 5. The first-order chi connectivity index (χ1) is 12.6. The first-order valence-electron chi connectivity index (χ1n) is 8.48. The normalized spacial score (nSPS) is 11.8. The fourth-order valence-corrected chi connectivity index (χ4v) is 2.65. The van der Waals surface area contributed by atoms with E-state index >= 15 is 0 Å². The number of anilines is 2. The summed E-state index contributed by atoms with van der Waals surface area (Å²) in [5.41, 5.74) is 2.52. The molecule has 134 valence electrons. The van der Waals surface area contributed by atoms with E-state index in [9.17, 15) is 4.79 Å². The van der Waals surface area contributed by atoms with Crippen molar-refractivity contribution < 1.29 is 4.79 Å². The van der Waals surface area contributed by atoms with Crippen molar-refractivity contribution in [3.8, 4) is 5.95 Å². The molecule has 0 radical (unpaired) electrons. The highest BCUT2D eigenvalue weighted by Crippen LogP contribution is 2.21. The molecule has 3 aromatic rings. The highest BCUT2D eigenvalue weighted by Gasteiger charge is 2.19. The van der Waals surface area contributed by atoms with Crippen LogP contribution in [0.2, 0.25) is 0 Å². The summed E-state index contributed by atoms with van der Waals surface area (Å²) in [6.45, 7) is 2.00. The Bertz CT molecular complexity index is 857. The number of hydrogen-bond donors (Lipinski definition) is 1. The van der Waals surface area contributed by atoms with Gasteiger partial charge in [-0.15, -0.1) is 0 Å². The van der Waals surface area contributed by atoms with Crippen molar-refractivity contribution >= 4 is 17.3 Å². The van der Waals surface area contributed by atoms with Gasteiger partial charge in [0.05, 0.1) is 42.1 Å². The average Bonchev–Trinajstić information content (AvgIpc) is 3.11. The van der Waals surface area contributed by atoms with Crippen molar-refractivity contribution in [1.29, 1.82) is 0 Å². The molecule has 2 heterocycles. The zero-order chi connectivity index (χ0) is 18.5.